The fraction of sp³-hybridized carbons (Fsp3) is 0.529. The van der Waals surface area contributed by atoms with Gasteiger partial charge in [0.25, 0.3) is 11.8 Å². The fourth-order valence-electron chi connectivity index (χ4n) is 6.49. The van der Waals surface area contributed by atoms with Crippen molar-refractivity contribution >= 4 is 29.7 Å². The van der Waals surface area contributed by atoms with Gasteiger partial charge in [-0.3, -0.25) is 9.59 Å². The van der Waals surface area contributed by atoms with Crippen LogP contribution >= 0.6 is 11.8 Å². The van der Waals surface area contributed by atoms with E-state index in [9.17, 15) is 9.59 Å². The predicted molar refractivity (Wildman–Crippen MR) is 166 cm³/mol. The highest BCUT2D eigenvalue weighted by atomic mass is 32.2. The third-order valence-electron chi connectivity index (χ3n) is 8.81. The van der Waals surface area contributed by atoms with Gasteiger partial charge in [0.15, 0.2) is 0 Å². The lowest BCUT2D eigenvalue weighted by Crippen LogP contribution is -2.50. The lowest BCUT2D eigenvalue weighted by Gasteiger charge is -2.44. The summed E-state index contributed by atoms with van der Waals surface area (Å²) in [6, 6.07) is 14.5. The van der Waals surface area contributed by atoms with Gasteiger partial charge < -0.3 is 15.1 Å². The van der Waals surface area contributed by atoms with Crippen molar-refractivity contribution < 1.29 is 9.59 Å². The Morgan fingerprint density at radius 3 is 2.65 bits per heavy atom. The molecule has 3 aliphatic rings. The summed E-state index contributed by atoms with van der Waals surface area (Å²) in [5.41, 5.74) is 5.35. The number of carbonyl (C=O) groups is 2. The van der Waals surface area contributed by atoms with Gasteiger partial charge in [-0.25, -0.2) is 0 Å². The minimum absolute atomic E-state index is 0.0286. The summed E-state index contributed by atoms with van der Waals surface area (Å²) in [7, 11) is 0. The molecule has 5 rings (SSSR count). The highest BCUT2D eigenvalue weighted by Crippen LogP contribution is 2.43. The van der Waals surface area contributed by atoms with Crippen LogP contribution in [0.5, 0.6) is 0 Å². The molecule has 2 saturated heterocycles. The van der Waals surface area contributed by atoms with Crippen LogP contribution in [0.2, 0.25) is 0 Å². The molecule has 2 amide bonds. The van der Waals surface area contributed by atoms with E-state index in [-0.39, 0.29) is 11.8 Å². The Morgan fingerprint density at radius 2 is 1.85 bits per heavy atom. The lowest BCUT2D eigenvalue weighted by atomic mass is 9.92. The van der Waals surface area contributed by atoms with Crippen LogP contribution in [-0.4, -0.2) is 59.1 Å². The van der Waals surface area contributed by atoms with Gasteiger partial charge in [0.05, 0.1) is 4.91 Å². The zero-order valence-corrected chi connectivity index (χ0v) is 25.3. The molecule has 0 spiro atoms. The van der Waals surface area contributed by atoms with Crippen LogP contribution in [0.4, 0.5) is 0 Å². The molecule has 2 heterocycles. The van der Waals surface area contributed by atoms with Crippen molar-refractivity contribution in [3.63, 3.8) is 0 Å². The summed E-state index contributed by atoms with van der Waals surface area (Å²) >= 11 is 1.76. The summed E-state index contributed by atoms with van der Waals surface area (Å²) in [6.07, 6.45) is 10.3. The van der Waals surface area contributed by atoms with Crippen LogP contribution in [0.1, 0.15) is 84.5 Å². The molecule has 2 aliphatic heterocycles. The number of likely N-dealkylation sites (tertiary alicyclic amines) is 1. The third-order valence-corrected chi connectivity index (χ3v) is 10.2. The molecule has 3 fully saturated rings. The van der Waals surface area contributed by atoms with E-state index in [1.165, 1.54) is 55.5 Å². The second kappa shape index (κ2) is 13.4. The molecule has 1 saturated carbocycles. The van der Waals surface area contributed by atoms with E-state index in [4.69, 9.17) is 0 Å². The van der Waals surface area contributed by atoms with Crippen LogP contribution in [-0.2, 0) is 11.3 Å². The summed E-state index contributed by atoms with van der Waals surface area (Å²) in [6.45, 7) is 11.3. The van der Waals surface area contributed by atoms with Crippen LogP contribution in [0.15, 0.2) is 47.4 Å². The number of thioether (sulfide) groups is 1. The van der Waals surface area contributed by atoms with E-state index in [0.29, 0.717) is 29.9 Å². The highest BCUT2D eigenvalue weighted by molar-refractivity contribution is 8.04. The molecule has 214 valence electrons. The Balaban J connectivity index is 1.21. The minimum atomic E-state index is -0.0286. The average Bonchev–Trinajstić information content (AvgIpc) is 2.95. The average molecular weight is 560 g/mol. The van der Waals surface area contributed by atoms with Gasteiger partial charge in [-0.1, -0.05) is 55.7 Å². The molecule has 0 bridgehead atoms. The molecular formula is C34H45N3O2S. The van der Waals surface area contributed by atoms with E-state index in [1.807, 2.05) is 30.3 Å². The molecule has 1 aliphatic carbocycles. The van der Waals surface area contributed by atoms with Crippen molar-refractivity contribution in [3.05, 3.63) is 75.2 Å². The molecule has 3 unspecified atom stereocenters. The van der Waals surface area contributed by atoms with Crippen LogP contribution in [0, 0.1) is 19.8 Å². The van der Waals surface area contributed by atoms with Crippen molar-refractivity contribution in [1.82, 2.24) is 15.1 Å². The predicted octanol–water partition coefficient (Wildman–Crippen LogP) is 6.58. The highest BCUT2D eigenvalue weighted by Gasteiger charge is 2.40. The number of amides is 2. The molecule has 1 N–H and O–H groups in total. The number of hydrogen-bond donors (Lipinski definition) is 1. The number of nitrogens with zero attached hydrogens (tertiary/aromatic N) is 2. The number of piperidine rings is 1. The Labute approximate surface area is 244 Å². The number of benzene rings is 2. The molecule has 6 heteroatoms. The van der Waals surface area contributed by atoms with Crippen molar-refractivity contribution in [1.29, 1.82) is 0 Å². The summed E-state index contributed by atoms with van der Waals surface area (Å²) < 4.78 is 0. The second-order valence-corrected chi connectivity index (χ2v) is 13.4. The zero-order chi connectivity index (χ0) is 28.1. The van der Waals surface area contributed by atoms with E-state index in [2.05, 4.69) is 54.1 Å². The molecule has 2 aromatic carbocycles. The van der Waals surface area contributed by atoms with Crippen molar-refractivity contribution in [3.8, 4) is 0 Å². The molecular weight excluding hydrogens is 514 g/mol. The van der Waals surface area contributed by atoms with Crippen molar-refractivity contribution in [2.24, 2.45) is 5.92 Å². The quantitative estimate of drug-likeness (QED) is 0.293. The van der Waals surface area contributed by atoms with Gasteiger partial charge in [0, 0.05) is 36.5 Å². The van der Waals surface area contributed by atoms with Crippen LogP contribution in [0.25, 0.3) is 6.08 Å². The number of nitrogens with one attached hydrogen (secondary N) is 1. The summed E-state index contributed by atoms with van der Waals surface area (Å²) in [4.78, 5) is 32.0. The van der Waals surface area contributed by atoms with E-state index in [1.54, 1.807) is 11.8 Å². The zero-order valence-electron chi connectivity index (χ0n) is 24.5. The van der Waals surface area contributed by atoms with Crippen LogP contribution < -0.4 is 5.32 Å². The van der Waals surface area contributed by atoms with E-state index in [0.717, 1.165) is 42.2 Å². The topological polar surface area (TPSA) is 52.7 Å². The maximum atomic E-state index is 13.8. The smallest absolute Gasteiger partial charge is 0.260 e. The molecule has 0 radical (unpaired) electrons. The first kappa shape index (κ1) is 28.9. The van der Waals surface area contributed by atoms with Gasteiger partial charge in [-0.05, 0) is 99.9 Å². The first-order chi connectivity index (χ1) is 19.4. The number of aryl methyl sites for hydroxylation is 2. The van der Waals surface area contributed by atoms with Gasteiger partial charge in [0.2, 0.25) is 0 Å². The molecule has 5 nitrogen and oxygen atoms in total. The summed E-state index contributed by atoms with van der Waals surface area (Å²) in [5, 5.41) is 3.53. The number of hydrogen-bond acceptors (Lipinski definition) is 4. The maximum absolute atomic E-state index is 13.8. The van der Waals surface area contributed by atoms with Crippen LogP contribution in [0.3, 0.4) is 0 Å². The van der Waals surface area contributed by atoms with E-state index >= 15 is 0 Å². The minimum Gasteiger partial charge on any atom is -0.352 e. The Morgan fingerprint density at radius 1 is 1.05 bits per heavy atom. The second-order valence-electron chi connectivity index (χ2n) is 12.2. The molecule has 3 atom stereocenters. The number of rotatable bonds is 8. The third kappa shape index (κ3) is 7.19. The standard InChI is InChI=1S/C34H45N3O2S/c1-24-11-12-26(3)29(20-24)23-37-30-9-4-5-10-31(30)40-32(34(37)39)21-27-13-15-28(16-14-27)33(38)35-17-7-19-36-18-6-8-25(2)22-36/h11-16,20-21,25,30-31H,4-10,17-19,22-23H2,1-3H3,(H,35,38)/b32-21-. The van der Waals surface area contributed by atoms with Gasteiger partial charge >= 0.3 is 0 Å². The van der Waals surface area contributed by atoms with Gasteiger partial charge in [-0.2, -0.15) is 0 Å². The SMILES string of the molecule is Cc1ccc(C)c(CN2C(=O)/C(=C/c3ccc(C(=O)NCCCN4CCCC(C)C4)cc3)SC3CCCCC32)c1. The first-order valence-electron chi connectivity index (χ1n) is 15.2. The Hall–Kier alpha value is -2.57. The fourth-order valence-corrected chi connectivity index (χ4v) is 7.97. The number of fused-ring (bicyclic) bond motifs is 1. The first-order valence-corrected chi connectivity index (χ1v) is 16.1. The molecule has 0 aromatic heterocycles. The van der Waals surface area contributed by atoms with Crippen molar-refractivity contribution in [2.75, 3.05) is 26.2 Å². The van der Waals surface area contributed by atoms with E-state index < -0.39 is 0 Å². The Bertz CT molecular complexity index is 1220. The molecule has 40 heavy (non-hydrogen) atoms. The maximum Gasteiger partial charge on any atom is 0.260 e. The monoisotopic (exact) mass is 559 g/mol. The molecule has 2 aromatic rings. The van der Waals surface area contributed by atoms with Gasteiger partial charge in [-0.15, -0.1) is 11.8 Å². The lowest BCUT2D eigenvalue weighted by molar-refractivity contribution is -0.130. The number of carbonyl (C=O) groups excluding carboxylic acids is 2. The van der Waals surface area contributed by atoms with Gasteiger partial charge in [0.1, 0.15) is 0 Å². The summed E-state index contributed by atoms with van der Waals surface area (Å²) in [5.74, 6) is 0.890. The van der Waals surface area contributed by atoms with Crippen molar-refractivity contribution in [2.45, 2.75) is 83.6 Å². The normalized spacial score (nSPS) is 24.7. The largest absolute Gasteiger partial charge is 0.352 e. The Kier molecular flexibility index (Phi) is 9.69.